The second-order valence-corrected chi connectivity index (χ2v) is 5.22. The molecule has 0 saturated carbocycles. The summed E-state index contributed by atoms with van der Waals surface area (Å²) in [5, 5.41) is 5.30. The highest BCUT2D eigenvalue weighted by Gasteiger charge is 2.07. The van der Waals surface area contributed by atoms with Gasteiger partial charge in [0.15, 0.2) is 0 Å². The summed E-state index contributed by atoms with van der Waals surface area (Å²) in [6.07, 6.45) is 0.272. The van der Waals surface area contributed by atoms with Crippen LogP contribution < -0.4 is 10.6 Å². The molecule has 98 valence electrons. The molecule has 2 amide bonds. The lowest BCUT2D eigenvalue weighted by atomic mass is 10.1. The minimum absolute atomic E-state index is 0.0189. The number of halogens is 1. The van der Waals surface area contributed by atoms with Crippen molar-refractivity contribution in [3.05, 3.63) is 34.3 Å². The molecule has 0 aliphatic carbocycles. The van der Waals surface area contributed by atoms with E-state index in [0.29, 0.717) is 0 Å². The minimum Gasteiger partial charge on any atom is -0.352 e. The van der Waals surface area contributed by atoms with Crippen molar-refractivity contribution < 1.29 is 9.59 Å². The molecule has 0 fully saturated rings. The molecule has 18 heavy (non-hydrogen) atoms. The second kappa shape index (κ2) is 7.16. The van der Waals surface area contributed by atoms with Gasteiger partial charge in [0.05, 0.1) is 13.0 Å². The molecule has 0 aliphatic rings. The largest absolute Gasteiger partial charge is 0.352 e. The van der Waals surface area contributed by atoms with Gasteiger partial charge in [0.2, 0.25) is 11.8 Å². The lowest BCUT2D eigenvalue weighted by Gasteiger charge is -2.09. The number of nitrogens with one attached hydrogen (secondary N) is 2. The van der Waals surface area contributed by atoms with Crippen LogP contribution in [0.2, 0.25) is 0 Å². The highest BCUT2D eigenvalue weighted by molar-refractivity contribution is 9.10. The van der Waals surface area contributed by atoms with Crippen LogP contribution in [0.5, 0.6) is 0 Å². The lowest BCUT2D eigenvalue weighted by Crippen LogP contribution is -2.40. The van der Waals surface area contributed by atoms with Gasteiger partial charge in [0, 0.05) is 10.5 Å². The minimum atomic E-state index is -0.174. The SMILES string of the molecule is CC(C)NC(=O)CNC(=O)Cc1cccc(Br)c1. The predicted molar refractivity (Wildman–Crippen MR) is 74.1 cm³/mol. The Kier molecular flexibility index (Phi) is 5.85. The third-order valence-corrected chi connectivity index (χ3v) is 2.64. The van der Waals surface area contributed by atoms with Crippen LogP contribution in [0.4, 0.5) is 0 Å². The molecule has 2 N–H and O–H groups in total. The summed E-state index contributed by atoms with van der Waals surface area (Å²) in [5.41, 5.74) is 0.908. The maximum absolute atomic E-state index is 11.6. The van der Waals surface area contributed by atoms with Gasteiger partial charge in [-0.05, 0) is 31.5 Å². The van der Waals surface area contributed by atoms with Crippen LogP contribution in [0.15, 0.2) is 28.7 Å². The lowest BCUT2D eigenvalue weighted by molar-refractivity contribution is -0.126. The van der Waals surface area contributed by atoms with Crippen molar-refractivity contribution >= 4 is 27.7 Å². The van der Waals surface area contributed by atoms with E-state index >= 15 is 0 Å². The van der Waals surface area contributed by atoms with Gasteiger partial charge in [-0.2, -0.15) is 0 Å². The van der Waals surface area contributed by atoms with Crippen LogP contribution >= 0.6 is 15.9 Å². The summed E-state index contributed by atoms with van der Waals surface area (Å²) >= 11 is 3.35. The maximum atomic E-state index is 11.6. The molecule has 0 aromatic heterocycles. The van der Waals surface area contributed by atoms with Crippen molar-refractivity contribution in [2.45, 2.75) is 26.3 Å². The first kappa shape index (κ1) is 14.7. The number of amides is 2. The van der Waals surface area contributed by atoms with Crippen molar-refractivity contribution in [1.82, 2.24) is 10.6 Å². The topological polar surface area (TPSA) is 58.2 Å². The molecule has 0 saturated heterocycles. The Morgan fingerprint density at radius 2 is 2.00 bits per heavy atom. The van der Waals surface area contributed by atoms with Crippen molar-refractivity contribution in [2.24, 2.45) is 0 Å². The van der Waals surface area contributed by atoms with E-state index in [4.69, 9.17) is 0 Å². The van der Waals surface area contributed by atoms with Crippen molar-refractivity contribution in [3.8, 4) is 0 Å². The number of carbonyl (C=O) groups excluding carboxylic acids is 2. The molecular formula is C13H17BrN2O2. The number of rotatable bonds is 5. The Balaban J connectivity index is 2.36. The van der Waals surface area contributed by atoms with Gasteiger partial charge in [-0.3, -0.25) is 9.59 Å². The summed E-state index contributed by atoms with van der Waals surface area (Å²) in [4.78, 5) is 22.9. The van der Waals surface area contributed by atoms with Crippen LogP contribution in [0, 0.1) is 0 Å². The van der Waals surface area contributed by atoms with Crippen molar-refractivity contribution in [1.29, 1.82) is 0 Å². The Labute approximate surface area is 115 Å². The molecule has 0 unspecified atom stereocenters. The molecule has 0 bridgehead atoms. The number of benzene rings is 1. The van der Waals surface area contributed by atoms with Crippen LogP contribution in [0.1, 0.15) is 19.4 Å². The normalized spacial score (nSPS) is 10.2. The van der Waals surface area contributed by atoms with E-state index in [2.05, 4.69) is 26.6 Å². The summed E-state index contributed by atoms with van der Waals surface area (Å²) < 4.78 is 0.936. The van der Waals surface area contributed by atoms with Gasteiger partial charge in [-0.25, -0.2) is 0 Å². The van der Waals surface area contributed by atoms with Gasteiger partial charge in [0.25, 0.3) is 0 Å². The fourth-order valence-electron chi connectivity index (χ4n) is 1.45. The smallest absolute Gasteiger partial charge is 0.239 e. The Hall–Kier alpha value is -1.36. The van der Waals surface area contributed by atoms with Gasteiger partial charge < -0.3 is 10.6 Å². The van der Waals surface area contributed by atoms with E-state index in [1.807, 2.05) is 38.1 Å². The van der Waals surface area contributed by atoms with Crippen LogP contribution in [-0.2, 0) is 16.0 Å². The van der Waals surface area contributed by atoms with Gasteiger partial charge >= 0.3 is 0 Å². The van der Waals surface area contributed by atoms with E-state index in [1.165, 1.54) is 0 Å². The molecule has 4 nitrogen and oxygen atoms in total. The summed E-state index contributed by atoms with van der Waals surface area (Å²) in [7, 11) is 0. The number of carbonyl (C=O) groups is 2. The third kappa shape index (κ3) is 5.82. The average Bonchev–Trinajstić information content (AvgIpc) is 2.25. The maximum Gasteiger partial charge on any atom is 0.239 e. The summed E-state index contributed by atoms with van der Waals surface area (Å²) in [6.45, 7) is 3.77. The Morgan fingerprint density at radius 3 is 2.61 bits per heavy atom. The van der Waals surface area contributed by atoms with Gasteiger partial charge in [-0.15, -0.1) is 0 Å². The monoisotopic (exact) mass is 312 g/mol. The molecule has 1 rings (SSSR count). The highest BCUT2D eigenvalue weighted by Crippen LogP contribution is 2.11. The first-order valence-electron chi connectivity index (χ1n) is 5.78. The first-order chi connectivity index (χ1) is 8.47. The van der Waals surface area contributed by atoms with Crippen molar-refractivity contribution in [3.63, 3.8) is 0 Å². The first-order valence-corrected chi connectivity index (χ1v) is 6.57. The zero-order chi connectivity index (χ0) is 13.5. The molecule has 0 atom stereocenters. The molecule has 0 spiro atoms. The average molecular weight is 313 g/mol. The van der Waals surface area contributed by atoms with E-state index in [0.717, 1.165) is 10.0 Å². The van der Waals surface area contributed by atoms with Gasteiger partial charge in [-0.1, -0.05) is 28.1 Å². The van der Waals surface area contributed by atoms with E-state index in [1.54, 1.807) is 0 Å². The van der Waals surface area contributed by atoms with Gasteiger partial charge in [0.1, 0.15) is 0 Å². The Bertz CT molecular complexity index is 433. The molecule has 5 heteroatoms. The zero-order valence-electron chi connectivity index (χ0n) is 10.5. The number of hydrogen-bond acceptors (Lipinski definition) is 2. The molecule has 1 aromatic carbocycles. The zero-order valence-corrected chi connectivity index (χ0v) is 12.1. The fourth-order valence-corrected chi connectivity index (χ4v) is 1.89. The van der Waals surface area contributed by atoms with Crippen molar-refractivity contribution in [2.75, 3.05) is 6.54 Å². The molecular weight excluding hydrogens is 296 g/mol. The Morgan fingerprint density at radius 1 is 1.28 bits per heavy atom. The summed E-state index contributed by atoms with van der Waals surface area (Å²) in [5.74, 6) is -0.334. The van der Waals surface area contributed by atoms with Crippen LogP contribution in [-0.4, -0.2) is 24.4 Å². The van der Waals surface area contributed by atoms with E-state index in [9.17, 15) is 9.59 Å². The molecule has 1 aromatic rings. The van der Waals surface area contributed by atoms with Crippen LogP contribution in [0.25, 0.3) is 0 Å². The predicted octanol–water partition coefficient (Wildman–Crippen LogP) is 1.63. The van der Waals surface area contributed by atoms with Crippen LogP contribution in [0.3, 0.4) is 0 Å². The molecule has 0 aliphatic heterocycles. The summed E-state index contributed by atoms with van der Waals surface area (Å²) in [6, 6.07) is 7.61. The number of hydrogen-bond donors (Lipinski definition) is 2. The quantitative estimate of drug-likeness (QED) is 0.868. The van der Waals surface area contributed by atoms with E-state index < -0.39 is 0 Å². The fraction of sp³-hybridized carbons (Fsp3) is 0.385. The third-order valence-electron chi connectivity index (χ3n) is 2.15. The molecule has 0 radical (unpaired) electrons. The standard InChI is InChI=1S/C13H17BrN2O2/c1-9(2)16-13(18)8-15-12(17)7-10-4-3-5-11(14)6-10/h3-6,9H,7-8H2,1-2H3,(H,15,17)(H,16,18). The molecule has 0 heterocycles. The second-order valence-electron chi connectivity index (χ2n) is 4.31. The van der Waals surface area contributed by atoms with E-state index in [-0.39, 0.29) is 30.8 Å². The highest BCUT2D eigenvalue weighted by atomic mass is 79.9.